The number of carbonyl (C=O) groups excluding carboxylic acids is 2. The van der Waals surface area contributed by atoms with Crippen LogP contribution in [0.1, 0.15) is 30.6 Å². The normalized spacial score (nSPS) is 11.7. The van der Waals surface area contributed by atoms with E-state index >= 15 is 0 Å². The highest BCUT2D eigenvalue weighted by atomic mass is 16.5. The van der Waals surface area contributed by atoms with Crippen LogP contribution in [0.5, 0.6) is 5.75 Å². The molecule has 5 nitrogen and oxygen atoms in total. The number of anilines is 1. The molecule has 1 atom stereocenters. The third-order valence-electron chi connectivity index (χ3n) is 3.55. The fourth-order valence-corrected chi connectivity index (χ4v) is 2.32. The molecular weight excluding hydrogens is 318 g/mol. The van der Waals surface area contributed by atoms with Gasteiger partial charge in [0.25, 0.3) is 0 Å². The van der Waals surface area contributed by atoms with Crippen LogP contribution in [0.3, 0.4) is 0 Å². The van der Waals surface area contributed by atoms with Crippen molar-refractivity contribution in [3.63, 3.8) is 0 Å². The van der Waals surface area contributed by atoms with E-state index in [9.17, 15) is 9.59 Å². The summed E-state index contributed by atoms with van der Waals surface area (Å²) in [7, 11) is 1.59. The van der Waals surface area contributed by atoms with Crippen LogP contribution >= 0.6 is 0 Å². The van der Waals surface area contributed by atoms with E-state index in [0.717, 1.165) is 0 Å². The van der Waals surface area contributed by atoms with Crippen LogP contribution in [-0.4, -0.2) is 31.0 Å². The molecule has 0 spiro atoms. The highest BCUT2D eigenvalue weighted by Gasteiger charge is 2.24. The van der Waals surface area contributed by atoms with Gasteiger partial charge in [-0.15, -0.1) is 0 Å². The first-order valence-electron chi connectivity index (χ1n) is 8.19. The van der Waals surface area contributed by atoms with Crippen molar-refractivity contribution in [1.82, 2.24) is 0 Å². The SMILES string of the molecule is COc1ccc(N[C@@H](CC(=O)c2ccccc2)C(=O)OC(C)C)cc1. The number of carbonyl (C=O) groups is 2. The summed E-state index contributed by atoms with van der Waals surface area (Å²) >= 11 is 0. The summed E-state index contributed by atoms with van der Waals surface area (Å²) < 4.78 is 10.4. The van der Waals surface area contributed by atoms with Crippen LogP contribution in [0.2, 0.25) is 0 Å². The number of hydrogen-bond acceptors (Lipinski definition) is 5. The molecule has 0 radical (unpaired) electrons. The van der Waals surface area contributed by atoms with E-state index in [-0.39, 0.29) is 18.3 Å². The maximum atomic E-state index is 12.5. The van der Waals surface area contributed by atoms with Crippen molar-refractivity contribution in [2.45, 2.75) is 32.4 Å². The van der Waals surface area contributed by atoms with Gasteiger partial charge in [-0.3, -0.25) is 4.79 Å². The highest BCUT2D eigenvalue weighted by Crippen LogP contribution is 2.18. The number of Topliss-reactive ketones (excluding diaryl/α,β-unsaturated/α-hetero) is 1. The Balaban J connectivity index is 2.14. The van der Waals surface area contributed by atoms with Crippen LogP contribution in [0, 0.1) is 0 Å². The van der Waals surface area contributed by atoms with Crippen LogP contribution in [0.25, 0.3) is 0 Å². The van der Waals surface area contributed by atoms with Crippen LogP contribution in [-0.2, 0) is 9.53 Å². The Morgan fingerprint density at radius 1 is 1.00 bits per heavy atom. The number of hydrogen-bond donors (Lipinski definition) is 1. The van der Waals surface area contributed by atoms with Crippen molar-refractivity contribution in [3.05, 3.63) is 60.2 Å². The van der Waals surface area contributed by atoms with Crippen molar-refractivity contribution in [2.75, 3.05) is 12.4 Å². The van der Waals surface area contributed by atoms with Crippen molar-refractivity contribution in [1.29, 1.82) is 0 Å². The van der Waals surface area contributed by atoms with Crippen molar-refractivity contribution >= 4 is 17.4 Å². The maximum absolute atomic E-state index is 12.5. The fraction of sp³-hybridized carbons (Fsp3) is 0.300. The smallest absolute Gasteiger partial charge is 0.329 e. The highest BCUT2D eigenvalue weighted by molar-refractivity contribution is 5.99. The lowest BCUT2D eigenvalue weighted by Gasteiger charge is -2.20. The molecule has 2 aromatic carbocycles. The zero-order valence-corrected chi connectivity index (χ0v) is 14.7. The van der Waals surface area contributed by atoms with Gasteiger partial charge in [0, 0.05) is 17.7 Å². The number of methoxy groups -OCH3 is 1. The summed E-state index contributed by atoms with van der Waals surface area (Å²) in [5.74, 6) is 0.148. The predicted molar refractivity (Wildman–Crippen MR) is 97.0 cm³/mol. The monoisotopic (exact) mass is 341 g/mol. The zero-order valence-electron chi connectivity index (χ0n) is 14.7. The van der Waals surface area contributed by atoms with Gasteiger partial charge in [0.05, 0.1) is 13.2 Å². The van der Waals surface area contributed by atoms with Gasteiger partial charge < -0.3 is 14.8 Å². The lowest BCUT2D eigenvalue weighted by molar-refractivity contribution is -0.148. The molecule has 2 rings (SSSR count). The summed E-state index contributed by atoms with van der Waals surface area (Å²) in [4.78, 5) is 24.9. The van der Waals surface area contributed by atoms with E-state index in [4.69, 9.17) is 9.47 Å². The second kappa shape index (κ2) is 8.87. The molecule has 1 N–H and O–H groups in total. The molecule has 132 valence electrons. The van der Waals surface area contributed by atoms with Gasteiger partial charge >= 0.3 is 5.97 Å². The largest absolute Gasteiger partial charge is 0.497 e. The zero-order chi connectivity index (χ0) is 18.2. The summed E-state index contributed by atoms with van der Waals surface area (Å²) in [6.45, 7) is 3.56. The Morgan fingerprint density at radius 2 is 1.64 bits per heavy atom. The fourth-order valence-electron chi connectivity index (χ4n) is 2.32. The molecule has 25 heavy (non-hydrogen) atoms. The lowest BCUT2D eigenvalue weighted by atomic mass is 10.0. The van der Waals surface area contributed by atoms with E-state index in [1.54, 1.807) is 69.5 Å². The molecule has 0 saturated heterocycles. The molecule has 5 heteroatoms. The first-order chi connectivity index (χ1) is 12.0. The third-order valence-corrected chi connectivity index (χ3v) is 3.55. The van der Waals surface area contributed by atoms with E-state index in [0.29, 0.717) is 17.0 Å². The minimum Gasteiger partial charge on any atom is -0.497 e. The van der Waals surface area contributed by atoms with Gasteiger partial charge in [0.15, 0.2) is 5.78 Å². The number of esters is 1. The molecule has 0 aromatic heterocycles. The standard InChI is InChI=1S/C20H23NO4/c1-14(2)25-20(23)18(13-19(22)15-7-5-4-6-8-15)21-16-9-11-17(24-3)12-10-16/h4-12,14,18,21H,13H2,1-3H3/t18-/m0/s1. The first kappa shape index (κ1) is 18.5. The number of nitrogens with one attached hydrogen (secondary N) is 1. The molecular formula is C20H23NO4. The van der Waals surface area contributed by atoms with Crippen molar-refractivity contribution < 1.29 is 19.1 Å². The van der Waals surface area contributed by atoms with Crippen molar-refractivity contribution in [3.8, 4) is 5.75 Å². The molecule has 0 saturated carbocycles. The minimum atomic E-state index is -0.761. The lowest BCUT2D eigenvalue weighted by Crippen LogP contribution is -2.35. The quantitative estimate of drug-likeness (QED) is 0.586. The molecule has 2 aromatic rings. The van der Waals surface area contributed by atoms with Gasteiger partial charge in [-0.25, -0.2) is 4.79 Å². The molecule has 0 bridgehead atoms. The second-order valence-electron chi connectivity index (χ2n) is 5.90. The van der Waals surface area contributed by atoms with Gasteiger partial charge in [0.1, 0.15) is 11.8 Å². The number of rotatable bonds is 8. The summed E-state index contributed by atoms with van der Waals surface area (Å²) in [6.07, 6.45) is -0.235. The number of ketones is 1. The summed E-state index contributed by atoms with van der Waals surface area (Å²) in [5.41, 5.74) is 1.29. The molecule has 0 amide bonds. The Hall–Kier alpha value is -2.82. The molecule has 0 heterocycles. The Bertz CT molecular complexity index is 695. The molecule has 0 aliphatic carbocycles. The molecule has 0 aliphatic rings. The Kier molecular flexibility index (Phi) is 6.57. The van der Waals surface area contributed by atoms with Crippen molar-refractivity contribution in [2.24, 2.45) is 0 Å². The van der Waals surface area contributed by atoms with Crippen LogP contribution in [0.4, 0.5) is 5.69 Å². The average Bonchev–Trinajstić information content (AvgIpc) is 2.62. The predicted octanol–water partition coefficient (Wildman–Crippen LogP) is 3.70. The van der Waals surface area contributed by atoms with E-state index in [1.807, 2.05) is 6.07 Å². The number of benzene rings is 2. The number of ether oxygens (including phenoxy) is 2. The second-order valence-corrected chi connectivity index (χ2v) is 5.90. The van der Waals surface area contributed by atoms with Crippen LogP contribution in [0.15, 0.2) is 54.6 Å². The summed E-state index contributed by atoms with van der Waals surface area (Å²) in [6, 6.07) is 15.3. The maximum Gasteiger partial charge on any atom is 0.329 e. The van der Waals surface area contributed by atoms with Gasteiger partial charge in [-0.05, 0) is 38.1 Å². The Labute approximate surface area is 148 Å². The molecule has 0 unspecified atom stereocenters. The minimum absolute atomic E-state index is 0.0155. The van der Waals surface area contributed by atoms with Gasteiger partial charge in [-0.2, -0.15) is 0 Å². The summed E-state index contributed by atoms with van der Waals surface area (Å²) in [5, 5.41) is 3.09. The van der Waals surface area contributed by atoms with Gasteiger partial charge in [0.2, 0.25) is 0 Å². The molecule has 0 fully saturated rings. The van der Waals surface area contributed by atoms with E-state index in [2.05, 4.69) is 5.32 Å². The average molecular weight is 341 g/mol. The topological polar surface area (TPSA) is 64.6 Å². The molecule has 0 aliphatic heterocycles. The Morgan fingerprint density at radius 3 is 2.20 bits per heavy atom. The van der Waals surface area contributed by atoms with E-state index in [1.165, 1.54) is 0 Å². The third kappa shape index (κ3) is 5.64. The van der Waals surface area contributed by atoms with Crippen LogP contribution < -0.4 is 10.1 Å². The first-order valence-corrected chi connectivity index (χ1v) is 8.19. The van der Waals surface area contributed by atoms with E-state index < -0.39 is 12.0 Å². The van der Waals surface area contributed by atoms with Gasteiger partial charge in [-0.1, -0.05) is 30.3 Å².